The summed E-state index contributed by atoms with van der Waals surface area (Å²) in [7, 11) is 0. The van der Waals surface area contributed by atoms with Crippen LogP contribution in [0.2, 0.25) is 0 Å². The second kappa shape index (κ2) is 5.81. The van der Waals surface area contributed by atoms with E-state index in [1.165, 1.54) is 25.0 Å². The van der Waals surface area contributed by atoms with Crippen LogP contribution in [0.1, 0.15) is 38.2 Å². The molecule has 0 saturated carbocycles. The molecule has 1 N–H and O–H groups in total. The second-order valence-electron chi connectivity index (χ2n) is 5.23. The van der Waals surface area contributed by atoms with E-state index in [4.69, 9.17) is 0 Å². The molecule has 1 heterocycles. The molecule has 0 spiro atoms. The van der Waals surface area contributed by atoms with Crippen LogP contribution in [0.15, 0.2) is 24.3 Å². The predicted molar refractivity (Wildman–Crippen MR) is 70.9 cm³/mol. The minimum absolute atomic E-state index is 0.247. The van der Waals surface area contributed by atoms with Crippen LogP contribution in [0, 0.1) is 5.82 Å². The molecule has 2 rings (SSSR count). The standard InChI is InChI=1S/C15H22FNO/c1-2-3-10-17-11-8-15(18,9-12-17)13-4-6-14(16)7-5-13/h4-7,18H,2-3,8-12H2,1H3. The first-order chi connectivity index (χ1) is 8.64. The highest BCUT2D eigenvalue weighted by Crippen LogP contribution is 2.32. The molecule has 1 fully saturated rings. The van der Waals surface area contributed by atoms with Gasteiger partial charge < -0.3 is 10.0 Å². The summed E-state index contributed by atoms with van der Waals surface area (Å²) in [6, 6.07) is 6.27. The van der Waals surface area contributed by atoms with Gasteiger partial charge in [0.05, 0.1) is 5.60 Å². The van der Waals surface area contributed by atoms with Gasteiger partial charge in [0.2, 0.25) is 0 Å². The van der Waals surface area contributed by atoms with E-state index in [0.29, 0.717) is 0 Å². The predicted octanol–water partition coefficient (Wildman–Crippen LogP) is 2.91. The Bertz CT molecular complexity index is 369. The van der Waals surface area contributed by atoms with Gasteiger partial charge in [-0.05, 0) is 43.5 Å². The Balaban J connectivity index is 1.96. The maximum atomic E-state index is 12.9. The third kappa shape index (κ3) is 3.09. The van der Waals surface area contributed by atoms with Crippen molar-refractivity contribution in [2.45, 2.75) is 38.2 Å². The largest absolute Gasteiger partial charge is 0.385 e. The molecule has 1 aliphatic rings. The molecule has 1 aromatic carbocycles. The first kappa shape index (κ1) is 13.5. The molecule has 1 saturated heterocycles. The molecule has 0 aliphatic carbocycles. The van der Waals surface area contributed by atoms with Crippen molar-refractivity contribution in [2.75, 3.05) is 19.6 Å². The Hall–Kier alpha value is -0.930. The van der Waals surface area contributed by atoms with Crippen LogP contribution >= 0.6 is 0 Å². The van der Waals surface area contributed by atoms with Crippen LogP contribution in [0.3, 0.4) is 0 Å². The van der Waals surface area contributed by atoms with Gasteiger partial charge in [-0.15, -0.1) is 0 Å². The molecule has 1 aliphatic heterocycles. The van der Waals surface area contributed by atoms with Crippen molar-refractivity contribution in [2.24, 2.45) is 0 Å². The number of piperidine rings is 1. The zero-order valence-electron chi connectivity index (χ0n) is 11.0. The van der Waals surface area contributed by atoms with Gasteiger partial charge in [-0.2, -0.15) is 0 Å². The molecule has 1 aromatic rings. The number of hydrogen-bond donors (Lipinski definition) is 1. The fraction of sp³-hybridized carbons (Fsp3) is 0.600. The van der Waals surface area contributed by atoms with Crippen molar-refractivity contribution in [3.8, 4) is 0 Å². The first-order valence-electron chi connectivity index (χ1n) is 6.85. The van der Waals surface area contributed by atoms with E-state index < -0.39 is 5.60 Å². The molecule has 2 nitrogen and oxygen atoms in total. The zero-order chi connectivity index (χ0) is 13.0. The van der Waals surface area contributed by atoms with E-state index in [-0.39, 0.29) is 5.82 Å². The van der Waals surface area contributed by atoms with Gasteiger partial charge in [0.25, 0.3) is 0 Å². The summed E-state index contributed by atoms with van der Waals surface area (Å²) in [6.45, 7) is 5.16. The van der Waals surface area contributed by atoms with Crippen LogP contribution in [-0.4, -0.2) is 29.6 Å². The quantitative estimate of drug-likeness (QED) is 0.889. The van der Waals surface area contributed by atoms with E-state index in [9.17, 15) is 9.50 Å². The molecule has 0 radical (unpaired) electrons. The van der Waals surface area contributed by atoms with Crippen LogP contribution in [0.4, 0.5) is 4.39 Å². The maximum absolute atomic E-state index is 12.9. The normalized spacial score (nSPS) is 19.9. The summed E-state index contributed by atoms with van der Waals surface area (Å²) in [5.41, 5.74) is 0.0789. The summed E-state index contributed by atoms with van der Waals surface area (Å²) in [5.74, 6) is -0.247. The minimum atomic E-state index is -0.767. The summed E-state index contributed by atoms with van der Waals surface area (Å²) >= 11 is 0. The van der Waals surface area contributed by atoms with Crippen LogP contribution < -0.4 is 0 Å². The minimum Gasteiger partial charge on any atom is -0.385 e. The van der Waals surface area contributed by atoms with Gasteiger partial charge in [0.1, 0.15) is 5.82 Å². The van der Waals surface area contributed by atoms with E-state index in [1.807, 2.05) is 0 Å². The molecule has 0 unspecified atom stereocenters. The van der Waals surface area contributed by atoms with Gasteiger partial charge in [-0.3, -0.25) is 0 Å². The topological polar surface area (TPSA) is 23.5 Å². The molecule has 0 aromatic heterocycles. The van der Waals surface area contributed by atoms with Gasteiger partial charge in [0.15, 0.2) is 0 Å². The Kier molecular flexibility index (Phi) is 4.36. The second-order valence-corrected chi connectivity index (χ2v) is 5.23. The lowest BCUT2D eigenvalue weighted by Gasteiger charge is -2.38. The lowest BCUT2D eigenvalue weighted by atomic mass is 9.84. The zero-order valence-corrected chi connectivity index (χ0v) is 11.0. The molecular weight excluding hydrogens is 229 g/mol. The highest BCUT2D eigenvalue weighted by Gasteiger charge is 2.33. The fourth-order valence-corrected chi connectivity index (χ4v) is 2.58. The van der Waals surface area contributed by atoms with Gasteiger partial charge in [0, 0.05) is 13.1 Å². The smallest absolute Gasteiger partial charge is 0.123 e. The van der Waals surface area contributed by atoms with Crippen LogP contribution in [-0.2, 0) is 5.60 Å². The third-order valence-corrected chi connectivity index (χ3v) is 3.89. The van der Waals surface area contributed by atoms with Crippen molar-refractivity contribution in [1.29, 1.82) is 0 Å². The Labute approximate surface area is 108 Å². The van der Waals surface area contributed by atoms with E-state index in [1.54, 1.807) is 12.1 Å². The lowest BCUT2D eigenvalue weighted by molar-refractivity contribution is -0.0260. The fourth-order valence-electron chi connectivity index (χ4n) is 2.58. The Morgan fingerprint density at radius 3 is 2.39 bits per heavy atom. The highest BCUT2D eigenvalue weighted by molar-refractivity contribution is 5.23. The third-order valence-electron chi connectivity index (χ3n) is 3.89. The van der Waals surface area contributed by atoms with Crippen molar-refractivity contribution in [3.63, 3.8) is 0 Å². The SMILES string of the molecule is CCCCN1CCC(O)(c2ccc(F)cc2)CC1. The Morgan fingerprint density at radius 1 is 1.22 bits per heavy atom. The molecule has 0 amide bonds. The van der Waals surface area contributed by atoms with Gasteiger partial charge in [-0.1, -0.05) is 25.5 Å². The molecule has 100 valence electrons. The summed E-state index contributed by atoms with van der Waals surface area (Å²) in [6.07, 6.45) is 3.90. The Morgan fingerprint density at radius 2 is 1.83 bits per heavy atom. The molecular formula is C15H22FNO. The molecule has 0 bridgehead atoms. The van der Waals surface area contributed by atoms with Gasteiger partial charge >= 0.3 is 0 Å². The number of hydrogen-bond acceptors (Lipinski definition) is 2. The summed E-state index contributed by atoms with van der Waals surface area (Å²) < 4.78 is 12.9. The average Bonchev–Trinajstić information content (AvgIpc) is 2.39. The van der Waals surface area contributed by atoms with Crippen LogP contribution in [0.25, 0.3) is 0 Å². The van der Waals surface area contributed by atoms with Crippen molar-refractivity contribution in [3.05, 3.63) is 35.6 Å². The summed E-state index contributed by atoms with van der Waals surface area (Å²) in [4.78, 5) is 2.40. The monoisotopic (exact) mass is 251 g/mol. The molecule has 0 atom stereocenters. The number of unbranched alkanes of at least 4 members (excludes halogenated alkanes) is 1. The maximum Gasteiger partial charge on any atom is 0.123 e. The van der Waals surface area contributed by atoms with Crippen LogP contribution in [0.5, 0.6) is 0 Å². The molecule has 3 heteroatoms. The van der Waals surface area contributed by atoms with Crippen molar-refractivity contribution >= 4 is 0 Å². The van der Waals surface area contributed by atoms with Crippen molar-refractivity contribution < 1.29 is 9.50 Å². The number of rotatable bonds is 4. The number of aliphatic hydroxyl groups is 1. The number of benzene rings is 1. The lowest BCUT2D eigenvalue weighted by Crippen LogP contribution is -2.42. The van der Waals surface area contributed by atoms with Gasteiger partial charge in [-0.25, -0.2) is 4.39 Å². The summed E-state index contributed by atoms with van der Waals surface area (Å²) in [5, 5.41) is 10.6. The number of nitrogens with zero attached hydrogens (tertiary/aromatic N) is 1. The van der Waals surface area contributed by atoms with E-state index >= 15 is 0 Å². The number of likely N-dealkylation sites (tertiary alicyclic amines) is 1. The first-order valence-corrected chi connectivity index (χ1v) is 6.85. The van der Waals surface area contributed by atoms with E-state index in [0.717, 1.165) is 38.0 Å². The highest BCUT2D eigenvalue weighted by atomic mass is 19.1. The van der Waals surface area contributed by atoms with E-state index in [2.05, 4.69) is 11.8 Å². The number of halogens is 1. The van der Waals surface area contributed by atoms with Crippen molar-refractivity contribution in [1.82, 2.24) is 4.90 Å². The molecule has 18 heavy (non-hydrogen) atoms. The average molecular weight is 251 g/mol.